The topological polar surface area (TPSA) is 37.3 Å². The number of unbranched alkanes of at least 4 members (excludes halogenated alkanes) is 1. The molecule has 0 aliphatic heterocycles. The first-order valence-electron chi connectivity index (χ1n) is 4.62. The van der Waals surface area contributed by atoms with Crippen molar-refractivity contribution >= 4 is 5.97 Å². The van der Waals surface area contributed by atoms with E-state index in [-0.39, 0.29) is 5.57 Å². The normalized spacial score (nSPS) is 9.07. The molecule has 0 aromatic rings. The second-order valence-corrected chi connectivity index (χ2v) is 3.12. The van der Waals surface area contributed by atoms with Crippen LogP contribution in [0.1, 0.15) is 33.6 Å². The van der Waals surface area contributed by atoms with Gasteiger partial charge in [-0.25, -0.2) is 4.79 Å². The van der Waals surface area contributed by atoms with E-state index in [1.54, 1.807) is 0 Å². The molecule has 80 valence electrons. The van der Waals surface area contributed by atoms with Gasteiger partial charge in [-0.15, -0.1) is 0 Å². The molecular formula is C12H20O2. The van der Waals surface area contributed by atoms with E-state index in [0.717, 1.165) is 5.57 Å². The Morgan fingerprint density at radius 2 is 1.79 bits per heavy atom. The van der Waals surface area contributed by atoms with Gasteiger partial charge in [-0.3, -0.25) is 0 Å². The van der Waals surface area contributed by atoms with E-state index in [0.29, 0.717) is 0 Å². The first-order chi connectivity index (χ1) is 6.41. The van der Waals surface area contributed by atoms with Crippen LogP contribution in [-0.2, 0) is 4.79 Å². The maximum absolute atomic E-state index is 9.60. The summed E-state index contributed by atoms with van der Waals surface area (Å²) in [6, 6.07) is 0. The summed E-state index contributed by atoms with van der Waals surface area (Å²) in [5.74, 6) is -0.935. The fourth-order valence-corrected chi connectivity index (χ4v) is 0.451. The molecule has 0 saturated heterocycles. The van der Waals surface area contributed by atoms with E-state index in [9.17, 15) is 4.79 Å². The molecule has 0 radical (unpaired) electrons. The van der Waals surface area contributed by atoms with E-state index in [1.807, 2.05) is 6.92 Å². The molecule has 0 atom stereocenters. The van der Waals surface area contributed by atoms with Gasteiger partial charge in [0.1, 0.15) is 0 Å². The van der Waals surface area contributed by atoms with Gasteiger partial charge in [0.2, 0.25) is 0 Å². The fourth-order valence-electron chi connectivity index (χ4n) is 0.451. The number of hydrogen-bond acceptors (Lipinski definition) is 1. The average molecular weight is 196 g/mol. The number of rotatable bonds is 4. The summed E-state index contributed by atoms with van der Waals surface area (Å²) < 4.78 is 0. The highest BCUT2D eigenvalue weighted by atomic mass is 16.4. The average Bonchev–Trinajstić information content (AvgIpc) is 2.05. The van der Waals surface area contributed by atoms with Crippen LogP contribution in [-0.4, -0.2) is 11.1 Å². The first kappa shape index (κ1) is 15.2. The van der Waals surface area contributed by atoms with Gasteiger partial charge in [-0.1, -0.05) is 44.2 Å². The second-order valence-electron chi connectivity index (χ2n) is 3.12. The number of carboxylic acid groups (broad SMARTS) is 1. The van der Waals surface area contributed by atoms with E-state index in [4.69, 9.17) is 5.11 Å². The molecule has 0 fully saturated rings. The van der Waals surface area contributed by atoms with Gasteiger partial charge in [0.25, 0.3) is 0 Å². The summed E-state index contributed by atoms with van der Waals surface area (Å²) in [6.45, 7) is 12.5. The molecule has 0 aliphatic rings. The third kappa shape index (κ3) is 17.0. The van der Waals surface area contributed by atoms with Crippen molar-refractivity contribution in [1.82, 2.24) is 0 Å². The van der Waals surface area contributed by atoms with Crippen LogP contribution in [0, 0.1) is 0 Å². The molecule has 0 saturated carbocycles. The van der Waals surface area contributed by atoms with Crippen LogP contribution < -0.4 is 0 Å². The molecule has 0 unspecified atom stereocenters. The van der Waals surface area contributed by atoms with E-state index >= 15 is 0 Å². The number of aliphatic carboxylic acids is 1. The molecule has 0 spiro atoms. The Morgan fingerprint density at radius 3 is 2.00 bits per heavy atom. The number of carboxylic acids is 1. The Morgan fingerprint density at radius 1 is 1.36 bits per heavy atom. The zero-order valence-electron chi connectivity index (χ0n) is 9.34. The Kier molecular flexibility index (Phi) is 10.6. The molecular weight excluding hydrogens is 176 g/mol. The smallest absolute Gasteiger partial charge is 0.330 e. The summed E-state index contributed by atoms with van der Waals surface area (Å²) >= 11 is 0. The molecule has 0 heterocycles. The van der Waals surface area contributed by atoms with E-state index < -0.39 is 5.97 Å². The number of allylic oxidation sites excluding steroid dienone is 3. The van der Waals surface area contributed by atoms with Crippen molar-refractivity contribution in [2.24, 2.45) is 0 Å². The van der Waals surface area contributed by atoms with Gasteiger partial charge in [0.15, 0.2) is 0 Å². The molecule has 2 heteroatoms. The van der Waals surface area contributed by atoms with Crippen LogP contribution in [0.15, 0.2) is 36.5 Å². The van der Waals surface area contributed by atoms with Gasteiger partial charge in [0, 0.05) is 5.57 Å². The highest BCUT2D eigenvalue weighted by molar-refractivity contribution is 5.84. The molecule has 0 bridgehead atoms. The van der Waals surface area contributed by atoms with E-state index in [2.05, 4.69) is 32.2 Å². The van der Waals surface area contributed by atoms with Crippen LogP contribution >= 0.6 is 0 Å². The Balaban J connectivity index is 0. The van der Waals surface area contributed by atoms with Crippen LogP contribution in [0.4, 0.5) is 0 Å². The second kappa shape index (κ2) is 9.78. The Bertz CT molecular complexity index is 212. The molecule has 0 rings (SSSR count). The van der Waals surface area contributed by atoms with Gasteiger partial charge >= 0.3 is 5.97 Å². The molecule has 0 amide bonds. The number of carbonyl (C=O) groups is 1. The van der Waals surface area contributed by atoms with Gasteiger partial charge < -0.3 is 5.11 Å². The molecule has 1 N–H and O–H groups in total. The van der Waals surface area contributed by atoms with Crippen molar-refractivity contribution < 1.29 is 9.90 Å². The predicted octanol–water partition coefficient (Wildman–Crippen LogP) is 3.57. The van der Waals surface area contributed by atoms with Crippen molar-refractivity contribution in [3.63, 3.8) is 0 Å². The lowest BCUT2D eigenvalue weighted by atomic mass is 10.2. The minimum atomic E-state index is -0.935. The van der Waals surface area contributed by atoms with Crippen molar-refractivity contribution in [3.8, 4) is 0 Å². The Hall–Kier alpha value is -1.31. The molecule has 14 heavy (non-hydrogen) atoms. The fraction of sp³-hybridized carbons (Fsp3) is 0.417. The quantitative estimate of drug-likeness (QED) is 0.551. The zero-order valence-corrected chi connectivity index (χ0v) is 9.34. The van der Waals surface area contributed by atoms with Crippen molar-refractivity contribution in [3.05, 3.63) is 36.5 Å². The van der Waals surface area contributed by atoms with E-state index in [1.165, 1.54) is 19.8 Å². The minimum absolute atomic E-state index is 0.176. The number of hydrogen-bond donors (Lipinski definition) is 1. The Labute approximate surface area is 86.6 Å². The lowest BCUT2D eigenvalue weighted by Crippen LogP contribution is -1.92. The van der Waals surface area contributed by atoms with Gasteiger partial charge in [-0.2, -0.15) is 0 Å². The third-order valence-corrected chi connectivity index (χ3v) is 1.22. The van der Waals surface area contributed by atoms with Gasteiger partial charge in [-0.05, 0) is 20.3 Å². The largest absolute Gasteiger partial charge is 0.478 e. The highest BCUT2D eigenvalue weighted by Crippen LogP contribution is 1.93. The summed E-state index contributed by atoms with van der Waals surface area (Å²) in [4.78, 5) is 9.60. The minimum Gasteiger partial charge on any atom is -0.478 e. The predicted molar refractivity (Wildman–Crippen MR) is 61.3 cm³/mol. The molecule has 0 aromatic carbocycles. The van der Waals surface area contributed by atoms with Crippen LogP contribution in [0.25, 0.3) is 0 Å². The summed E-state index contributed by atoms with van der Waals surface area (Å²) in [6.07, 6.45) is 6.61. The standard InChI is InChI=1S/C8H14.C4H6O2/c1-4-5-6-7-8(2)3;1-3(2)4(5)6/h6-7H,2,4-5H2,1,3H3;1H2,2H3,(H,5,6). The summed E-state index contributed by atoms with van der Waals surface area (Å²) in [5.41, 5.74) is 1.31. The van der Waals surface area contributed by atoms with Crippen LogP contribution in [0.3, 0.4) is 0 Å². The van der Waals surface area contributed by atoms with Crippen molar-refractivity contribution in [1.29, 1.82) is 0 Å². The first-order valence-corrected chi connectivity index (χ1v) is 4.62. The zero-order chi connectivity index (χ0) is 11.6. The summed E-state index contributed by atoms with van der Waals surface area (Å²) in [7, 11) is 0. The molecule has 2 nitrogen and oxygen atoms in total. The lowest BCUT2D eigenvalue weighted by molar-refractivity contribution is -0.132. The van der Waals surface area contributed by atoms with Crippen molar-refractivity contribution in [2.75, 3.05) is 0 Å². The van der Waals surface area contributed by atoms with Gasteiger partial charge in [0.05, 0.1) is 0 Å². The van der Waals surface area contributed by atoms with Crippen LogP contribution in [0.2, 0.25) is 0 Å². The molecule has 0 aliphatic carbocycles. The molecule has 0 aromatic heterocycles. The third-order valence-electron chi connectivity index (χ3n) is 1.22. The SMILES string of the molecule is C=C(C)C(=O)O.C=C(C)C=CCCC. The highest BCUT2D eigenvalue weighted by Gasteiger charge is 1.90. The van der Waals surface area contributed by atoms with Crippen molar-refractivity contribution in [2.45, 2.75) is 33.6 Å². The lowest BCUT2D eigenvalue weighted by Gasteiger charge is -1.83. The van der Waals surface area contributed by atoms with Crippen LogP contribution in [0.5, 0.6) is 0 Å². The maximum atomic E-state index is 9.60. The monoisotopic (exact) mass is 196 g/mol. The maximum Gasteiger partial charge on any atom is 0.330 e. The summed E-state index contributed by atoms with van der Waals surface area (Å²) in [5, 5.41) is 7.89.